The average molecular weight is 626 g/mol. The largest absolute Gasteiger partial charge is 0.456 e. The summed E-state index contributed by atoms with van der Waals surface area (Å²) in [6.07, 6.45) is 0. The van der Waals surface area contributed by atoms with Crippen LogP contribution in [0.4, 0.5) is 0 Å². The molecule has 4 heterocycles. The summed E-state index contributed by atoms with van der Waals surface area (Å²) in [4.78, 5) is 10.6. The summed E-state index contributed by atoms with van der Waals surface area (Å²) in [5.74, 6) is 1.40. The van der Waals surface area contributed by atoms with Gasteiger partial charge in [-0.15, -0.1) is 0 Å². The topological polar surface area (TPSA) is 57.0 Å². The molecule has 0 unspecified atom stereocenters. The molecular weight excluding hydrogens is 603 g/mol. The molecule has 0 radical (unpaired) electrons. The molecule has 49 heavy (non-hydrogen) atoms. The molecule has 11 aromatic rings. The van der Waals surface area contributed by atoms with Gasteiger partial charge in [0.15, 0.2) is 11.6 Å². The second-order valence-electron chi connectivity index (χ2n) is 12.9. The first kappa shape index (κ1) is 25.4. The predicted octanol–water partition coefficient (Wildman–Crippen LogP) is 11.8. The minimum Gasteiger partial charge on any atom is -0.456 e. The van der Waals surface area contributed by atoms with E-state index < -0.39 is 0 Å². The van der Waals surface area contributed by atoms with Crippen molar-refractivity contribution in [3.63, 3.8) is 0 Å². The van der Waals surface area contributed by atoms with Gasteiger partial charge < -0.3 is 8.83 Å². The number of para-hydroxylation sites is 1. The van der Waals surface area contributed by atoms with Gasteiger partial charge in [0.05, 0.1) is 16.4 Å². The lowest BCUT2D eigenvalue weighted by atomic mass is 9.95. The van der Waals surface area contributed by atoms with Gasteiger partial charge in [0.2, 0.25) is 5.71 Å². The maximum Gasteiger partial charge on any atom is 0.233 e. The Bertz CT molecular complexity index is 3220. The van der Waals surface area contributed by atoms with Gasteiger partial charge in [0, 0.05) is 32.5 Å². The van der Waals surface area contributed by atoms with Crippen molar-refractivity contribution in [2.45, 2.75) is 0 Å². The first-order valence-electron chi connectivity index (χ1n) is 16.5. The van der Waals surface area contributed by atoms with Crippen LogP contribution in [0.5, 0.6) is 0 Å². The van der Waals surface area contributed by atoms with Crippen LogP contribution in [-0.4, -0.2) is 14.5 Å². The Morgan fingerprint density at radius 3 is 1.98 bits per heavy atom. The number of fused-ring (bicyclic) bond motifs is 4. The Hall–Kier alpha value is -6.72. The highest BCUT2D eigenvalue weighted by molar-refractivity contribution is 6.38. The summed E-state index contributed by atoms with van der Waals surface area (Å²) in [6, 6.07) is 48.7. The number of hydrogen-bond donors (Lipinski definition) is 0. The molecule has 5 heteroatoms. The summed E-state index contributed by atoms with van der Waals surface area (Å²) in [5, 5.41) is 9.02. The van der Waals surface area contributed by atoms with E-state index in [1.807, 2.05) is 30.3 Å². The molecule has 4 aromatic heterocycles. The molecule has 0 fully saturated rings. The van der Waals surface area contributed by atoms with Gasteiger partial charge in [-0.05, 0) is 63.4 Å². The Balaban J connectivity index is 1.30. The summed E-state index contributed by atoms with van der Waals surface area (Å²) in [5.41, 5.74) is 10.8. The van der Waals surface area contributed by atoms with E-state index in [0.29, 0.717) is 11.5 Å². The summed E-state index contributed by atoms with van der Waals surface area (Å²) in [7, 11) is 0. The maximum atomic E-state index is 6.54. The molecule has 12 rings (SSSR count). The number of rotatable bonds is 3. The Morgan fingerprint density at radius 2 is 1.08 bits per heavy atom. The third kappa shape index (κ3) is 3.19. The zero-order valence-corrected chi connectivity index (χ0v) is 25.9. The number of hydrogen-bond acceptors (Lipinski definition) is 4. The summed E-state index contributed by atoms with van der Waals surface area (Å²) < 4.78 is 15.4. The highest BCUT2D eigenvalue weighted by Crippen LogP contribution is 2.51. The zero-order valence-electron chi connectivity index (χ0n) is 25.9. The Kier molecular flexibility index (Phi) is 4.66. The van der Waals surface area contributed by atoms with Crippen molar-refractivity contribution < 1.29 is 8.83 Å². The quantitative estimate of drug-likeness (QED) is 0.196. The third-order valence-corrected chi connectivity index (χ3v) is 10.4. The monoisotopic (exact) mass is 625 g/mol. The molecule has 0 bridgehead atoms. The lowest BCUT2D eigenvalue weighted by molar-refractivity contribution is 0.653. The van der Waals surface area contributed by atoms with Crippen LogP contribution < -0.4 is 0 Å². The molecule has 0 saturated carbocycles. The van der Waals surface area contributed by atoms with Crippen molar-refractivity contribution in [3.05, 3.63) is 140 Å². The van der Waals surface area contributed by atoms with E-state index in [1.54, 1.807) is 0 Å². The normalized spacial score (nSPS) is 12.5. The van der Waals surface area contributed by atoms with E-state index >= 15 is 0 Å². The number of benzene rings is 7. The van der Waals surface area contributed by atoms with Crippen LogP contribution >= 0.6 is 0 Å². The van der Waals surface area contributed by atoms with Crippen LogP contribution in [0.3, 0.4) is 0 Å². The van der Waals surface area contributed by atoms with Crippen molar-refractivity contribution >= 4 is 76.6 Å². The highest BCUT2D eigenvalue weighted by Gasteiger charge is 2.28. The van der Waals surface area contributed by atoms with Gasteiger partial charge in [0.1, 0.15) is 16.7 Å². The minimum absolute atomic E-state index is 0.560. The maximum absolute atomic E-state index is 6.54. The van der Waals surface area contributed by atoms with Crippen LogP contribution in [-0.2, 0) is 0 Å². The third-order valence-electron chi connectivity index (χ3n) is 10.4. The van der Waals surface area contributed by atoms with Crippen LogP contribution in [0.2, 0.25) is 0 Å². The van der Waals surface area contributed by atoms with Gasteiger partial charge in [-0.2, -0.15) is 4.98 Å². The lowest BCUT2D eigenvalue weighted by Crippen LogP contribution is -2.02. The average Bonchev–Trinajstić information content (AvgIpc) is 3.81. The first-order valence-corrected chi connectivity index (χ1v) is 16.5. The van der Waals surface area contributed by atoms with Crippen molar-refractivity contribution in [2.75, 3.05) is 0 Å². The molecule has 0 spiro atoms. The molecular formula is C44H23N3O2. The SMILES string of the molecule is c1ccc(-c2ccccc2-c2nc(-n3c4ccc5cccc6c5c4c4c5c(ccc43)oc3cccc-6c35)c3c(n2)oc2ccccc23)cc1. The molecule has 226 valence electrons. The van der Waals surface area contributed by atoms with Crippen LogP contribution in [0.1, 0.15) is 0 Å². The molecule has 1 aliphatic rings. The minimum atomic E-state index is 0.560. The highest BCUT2D eigenvalue weighted by atomic mass is 16.3. The number of aromatic nitrogens is 3. The first-order chi connectivity index (χ1) is 24.3. The van der Waals surface area contributed by atoms with Gasteiger partial charge in [-0.25, -0.2) is 4.98 Å². The fraction of sp³-hybridized carbons (Fsp3) is 0. The summed E-state index contributed by atoms with van der Waals surface area (Å²) in [6.45, 7) is 0. The van der Waals surface area contributed by atoms with Crippen LogP contribution in [0, 0.1) is 0 Å². The molecule has 0 amide bonds. The summed E-state index contributed by atoms with van der Waals surface area (Å²) >= 11 is 0. The van der Waals surface area contributed by atoms with Crippen LogP contribution in [0.25, 0.3) is 116 Å². The van der Waals surface area contributed by atoms with E-state index in [1.165, 1.54) is 32.7 Å². The van der Waals surface area contributed by atoms with Gasteiger partial charge in [-0.3, -0.25) is 4.57 Å². The van der Waals surface area contributed by atoms with E-state index in [-0.39, 0.29) is 0 Å². The molecule has 0 saturated heterocycles. The smallest absolute Gasteiger partial charge is 0.233 e. The van der Waals surface area contributed by atoms with Crippen molar-refractivity contribution in [2.24, 2.45) is 0 Å². The Labute approximate surface area is 278 Å². The van der Waals surface area contributed by atoms with E-state index in [2.05, 4.69) is 114 Å². The standard InChI is InChI=1S/C44H23N3O2/c1-2-10-24(11-3-1)26-13-4-5-14-29(26)42-45-43(38-30-15-6-7-18-33(30)49-44(38)46-42)47-31-21-20-25-12-8-16-27-28-17-9-19-34-37(28)41-35(48-34)23-22-32(47)40(41)39(31)36(25)27/h1-23H. The molecule has 5 nitrogen and oxygen atoms in total. The fourth-order valence-corrected chi connectivity index (χ4v) is 8.39. The van der Waals surface area contributed by atoms with Crippen molar-refractivity contribution in [1.29, 1.82) is 0 Å². The second kappa shape index (κ2) is 9.00. The van der Waals surface area contributed by atoms with Gasteiger partial charge in [-0.1, -0.05) is 109 Å². The van der Waals surface area contributed by atoms with E-state index in [0.717, 1.165) is 71.8 Å². The van der Waals surface area contributed by atoms with Crippen molar-refractivity contribution in [3.8, 4) is 39.5 Å². The van der Waals surface area contributed by atoms with Crippen molar-refractivity contribution in [1.82, 2.24) is 14.5 Å². The van der Waals surface area contributed by atoms with Gasteiger partial charge in [0.25, 0.3) is 0 Å². The van der Waals surface area contributed by atoms with Crippen LogP contribution in [0.15, 0.2) is 148 Å². The fourth-order valence-electron chi connectivity index (χ4n) is 8.39. The molecule has 7 aromatic carbocycles. The van der Waals surface area contributed by atoms with E-state index in [9.17, 15) is 0 Å². The Morgan fingerprint density at radius 1 is 0.408 bits per heavy atom. The molecule has 0 aliphatic heterocycles. The lowest BCUT2D eigenvalue weighted by Gasteiger charge is -2.14. The van der Waals surface area contributed by atoms with E-state index in [4.69, 9.17) is 18.8 Å². The number of furan rings is 2. The molecule has 0 atom stereocenters. The zero-order chi connectivity index (χ0) is 31.8. The molecule has 0 N–H and O–H groups in total. The van der Waals surface area contributed by atoms with Gasteiger partial charge >= 0.3 is 0 Å². The molecule has 1 aliphatic carbocycles. The number of nitrogens with zero attached hydrogens (tertiary/aromatic N) is 3. The predicted molar refractivity (Wildman–Crippen MR) is 198 cm³/mol. The second-order valence-corrected chi connectivity index (χ2v) is 12.9.